The highest BCUT2D eigenvalue weighted by atomic mass is 15.6. The molecule has 2 rings (SSSR count). The Labute approximate surface area is 149 Å². The highest BCUT2D eigenvalue weighted by Gasteiger charge is 2.33. The highest BCUT2D eigenvalue weighted by Crippen LogP contribution is 2.34. The monoisotopic (exact) mass is 336 g/mol. The molecular weight excluding hydrogens is 296 g/mol. The van der Waals surface area contributed by atoms with Crippen LogP contribution in [0.5, 0.6) is 0 Å². The molecule has 0 radical (unpaired) electrons. The van der Waals surface area contributed by atoms with E-state index in [1.54, 1.807) is 0 Å². The standard InChI is InChI=1S/C20H40N4/c1-6-7-8-13-24-16-20(5,22-23-24)15-21-18-11-9-17(10-12-18)14-19(2,3)4/h17-18,21H,6-16H2,1-5H3. The predicted octanol–water partition coefficient (Wildman–Crippen LogP) is 5.20. The second-order valence-electron chi connectivity index (χ2n) is 9.64. The Hall–Kier alpha value is -0.640. The molecule has 0 saturated heterocycles. The second-order valence-corrected chi connectivity index (χ2v) is 9.64. The number of rotatable bonds is 8. The molecule has 0 aromatic heterocycles. The molecule has 4 heteroatoms. The first-order valence-corrected chi connectivity index (χ1v) is 10.2. The Morgan fingerprint density at radius 2 is 1.83 bits per heavy atom. The molecule has 1 fully saturated rings. The summed E-state index contributed by atoms with van der Waals surface area (Å²) in [6.07, 6.45) is 10.6. The number of nitrogens with zero attached hydrogens (tertiary/aromatic N) is 3. The van der Waals surface area contributed by atoms with Crippen molar-refractivity contribution in [3.63, 3.8) is 0 Å². The first-order valence-electron chi connectivity index (χ1n) is 10.2. The Balaban J connectivity index is 1.65. The van der Waals surface area contributed by atoms with Crippen molar-refractivity contribution < 1.29 is 0 Å². The molecule has 0 bridgehead atoms. The zero-order valence-corrected chi connectivity index (χ0v) is 16.8. The van der Waals surface area contributed by atoms with Crippen molar-refractivity contribution >= 4 is 0 Å². The Morgan fingerprint density at radius 3 is 2.46 bits per heavy atom. The Morgan fingerprint density at radius 1 is 1.12 bits per heavy atom. The molecule has 24 heavy (non-hydrogen) atoms. The lowest BCUT2D eigenvalue weighted by Crippen LogP contribution is -2.45. The fourth-order valence-corrected chi connectivity index (χ4v) is 4.19. The molecule has 1 aliphatic carbocycles. The lowest BCUT2D eigenvalue weighted by Gasteiger charge is -2.34. The summed E-state index contributed by atoms with van der Waals surface area (Å²) in [6, 6.07) is 0.683. The molecular formula is C20H40N4. The van der Waals surface area contributed by atoms with Crippen LogP contribution in [0.3, 0.4) is 0 Å². The number of hydrogen-bond acceptors (Lipinski definition) is 4. The van der Waals surface area contributed by atoms with E-state index >= 15 is 0 Å². The summed E-state index contributed by atoms with van der Waals surface area (Å²) >= 11 is 0. The molecule has 0 aromatic carbocycles. The van der Waals surface area contributed by atoms with Crippen LogP contribution in [-0.4, -0.2) is 36.2 Å². The third kappa shape index (κ3) is 6.70. The van der Waals surface area contributed by atoms with E-state index in [1.807, 2.05) is 0 Å². The van der Waals surface area contributed by atoms with Crippen molar-refractivity contribution in [1.29, 1.82) is 0 Å². The van der Waals surface area contributed by atoms with E-state index in [2.05, 4.69) is 55.3 Å². The average molecular weight is 337 g/mol. The van der Waals surface area contributed by atoms with Gasteiger partial charge in [0, 0.05) is 19.1 Å². The minimum atomic E-state index is -0.0333. The molecule has 1 N–H and O–H groups in total. The maximum absolute atomic E-state index is 4.56. The third-order valence-corrected chi connectivity index (χ3v) is 5.47. The summed E-state index contributed by atoms with van der Waals surface area (Å²) in [5.74, 6) is 0.930. The van der Waals surface area contributed by atoms with E-state index in [9.17, 15) is 0 Å². The summed E-state index contributed by atoms with van der Waals surface area (Å²) in [7, 11) is 0. The molecule has 2 aliphatic rings. The fraction of sp³-hybridized carbons (Fsp3) is 1.00. The van der Waals surface area contributed by atoms with Crippen LogP contribution >= 0.6 is 0 Å². The van der Waals surface area contributed by atoms with Gasteiger partial charge in [-0.2, -0.15) is 5.11 Å². The van der Waals surface area contributed by atoms with Gasteiger partial charge in [0.1, 0.15) is 5.54 Å². The van der Waals surface area contributed by atoms with Crippen molar-refractivity contribution in [2.24, 2.45) is 21.7 Å². The lowest BCUT2D eigenvalue weighted by molar-refractivity contribution is 0.209. The Bertz CT molecular complexity index is 393. The average Bonchev–Trinajstić information content (AvgIpc) is 2.87. The highest BCUT2D eigenvalue weighted by molar-refractivity contribution is 4.92. The molecule has 1 heterocycles. The largest absolute Gasteiger partial charge is 0.311 e. The summed E-state index contributed by atoms with van der Waals surface area (Å²) in [5, 5.41) is 14.9. The van der Waals surface area contributed by atoms with Crippen molar-refractivity contribution in [2.75, 3.05) is 19.6 Å². The summed E-state index contributed by atoms with van der Waals surface area (Å²) in [4.78, 5) is 0. The molecule has 0 amide bonds. The lowest BCUT2D eigenvalue weighted by atomic mass is 9.76. The van der Waals surface area contributed by atoms with Crippen molar-refractivity contribution in [3.05, 3.63) is 0 Å². The van der Waals surface area contributed by atoms with Crippen LogP contribution in [0.15, 0.2) is 10.3 Å². The van der Waals surface area contributed by atoms with Gasteiger partial charge in [0.2, 0.25) is 0 Å². The zero-order chi connectivity index (χ0) is 17.6. The second kappa shape index (κ2) is 8.64. The van der Waals surface area contributed by atoms with Crippen LogP contribution in [0, 0.1) is 11.3 Å². The molecule has 140 valence electrons. The van der Waals surface area contributed by atoms with Crippen molar-refractivity contribution in [3.8, 4) is 0 Å². The van der Waals surface area contributed by atoms with E-state index in [-0.39, 0.29) is 5.54 Å². The number of unbranched alkanes of at least 4 members (excludes halogenated alkanes) is 2. The molecule has 1 unspecified atom stereocenters. The van der Waals surface area contributed by atoms with Gasteiger partial charge in [-0.25, -0.2) is 0 Å². The maximum Gasteiger partial charge on any atom is 0.112 e. The Kier molecular flexibility index (Phi) is 7.09. The van der Waals surface area contributed by atoms with Gasteiger partial charge in [-0.05, 0) is 56.8 Å². The molecule has 1 saturated carbocycles. The van der Waals surface area contributed by atoms with E-state index in [1.165, 1.54) is 51.4 Å². The van der Waals surface area contributed by atoms with Gasteiger partial charge in [0.25, 0.3) is 0 Å². The summed E-state index contributed by atoms with van der Waals surface area (Å²) in [6.45, 7) is 14.6. The first kappa shape index (κ1) is 19.7. The van der Waals surface area contributed by atoms with E-state index in [0.717, 1.165) is 25.6 Å². The van der Waals surface area contributed by atoms with Gasteiger partial charge < -0.3 is 5.32 Å². The molecule has 1 aliphatic heterocycles. The van der Waals surface area contributed by atoms with E-state index < -0.39 is 0 Å². The molecule has 0 aromatic rings. The summed E-state index contributed by atoms with van der Waals surface area (Å²) < 4.78 is 0. The van der Waals surface area contributed by atoms with Crippen LogP contribution in [0.1, 0.15) is 86.0 Å². The third-order valence-electron chi connectivity index (χ3n) is 5.47. The van der Waals surface area contributed by atoms with Crippen LogP contribution < -0.4 is 5.32 Å². The van der Waals surface area contributed by atoms with E-state index in [0.29, 0.717) is 11.5 Å². The van der Waals surface area contributed by atoms with Gasteiger partial charge in [-0.15, -0.1) is 0 Å². The minimum absolute atomic E-state index is 0.0333. The fourth-order valence-electron chi connectivity index (χ4n) is 4.19. The van der Waals surface area contributed by atoms with Gasteiger partial charge in [0.15, 0.2) is 0 Å². The predicted molar refractivity (Wildman–Crippen MR) is 102 cm³/mol. The molecule has 0 spiro atoms. The topological polar surface area (TPSA) is 40.0 Å². The quantitative estimate of drug-likeness (QED) is 0.619. The van der Waals surface area contributed by atoms with Crippen LogP contribution in [-0.2, 0) is 0 Å². The SMILES string of the molecule is CCCCCN1CC(C)(CNC2CCC(CC(C)(C)C)CC2)N=N1. The number of nitrogens with one attached hydrogen (secondary N) is 1. The minimum Gasteiger partial charge on any atom is -0.311 e. The molecule has 4 nitrogen and oxygen atoms in total. The van der Waals surface area contributed by atoms with Crippen LogP contribution in [0.25, 0.3) is 0 Å². The van der Waals surface area contributed by atoms with Crippen molar-refractivity contribution in [2.45, 2.75) is 97.6 Å². The smallest absolute Gasteiger partial charge is 0.112 e. The van der Waals surface area contributed by atoms with Gasteiger partial charge >= 0.3 is 0 Å². The maximum atomic E-state index is 4.56. The zero-order valence-electron chi connectivity index (χ0n) is 16.8. The summed E-state index contributed by atoms with van der Waals surface area (Å²) in [5.41, 5.74) is 0.443. The number of hydrogen-bond donors (Lipinski definition) is 1. The van der Waals surface area contributed by atoms with Gasteiger partial charge in [-0.1, -0.05) is 45.8 Å². The van der Waals surface area contributed by atoms with Gasteiger partial charge in [-0.3, -0.25) is 5.01 Å². The van der Waals surface area contributed by atoms with Gasteiger partial charge in [0.05, 0.1) is 6.54 Å². The van der Waals surface area contributed by atoms with E-state index in [4.69, 9.17) is 0 Å². The van der Waals surface area contributed by atoms with Crippen molar-refractivity contribution in [1.82, 2.24) is 10.3 Å². The normalized spacial score (nSPS) is 31.0. The molecule has 1 atom stereocenters. The van der Waals surface area contributed by atoms with Crippen LogP contribution in [0.2, 0.25) is 0 Å². The first-order chi connectivity index (χ1) is 11.3. The van der Waals surface area contributed by atoms with Crippen LogP contribution in [0.4, 0.5) is 0 Å².